The smallest absolute Gasteiger partial charge is 0.301 e. The van der Waals surface area contributed by atoms with Gasteiger partial charge in [0.05, 0.1) is 16.5 Å². The topological polar surface area (TPSA) is 174 Å². The molecule has 1 aliphatic heterocycles. The predicted molar refractivity (Wildman–Crippen MR) is 196 cm³/mol. The van der Waals surface area contributed by atoms with Gasteiger partial charge >= 0.3 is 5.91 Å². The van der Waals surface area contributed by atoms with E-state index in [2.05, 4.69) is 31.8 Å². The van der Waals surface area contributed by atoms with Gasteiger partial charge in [0.2, 0.25) is 5.76 Å². The molecule has 1 saturated heterocycles. The van der Waals surface area contributed by atoms with Crippen LogP contribution in [0, 0.1) is 11.3 Å². The predicted octanol–water partition coefficient (Wildman–Crippen LogP) is 5.88. The number of aromatic amines is 1. The lowest BCUT2D eigenvalue weighted by Gasteiger charge is -2.36. The van der Waals surface area contributed by atoms with Crippen molar-refractivity contribution in [1.29, 1.82) is 5.26 Å². The van der Waals surface area contributed by atoms with Gasteiger partial charge in [0, 0.05) is 71.3 Å². The Morgan fingerprint density at radius 3 is 2.32 bits per heavy atom. The molecule has 254 valence electrons. The van der Waals surface area contributed by atoms with Gasteiger partial charge in [-0.3, -0.25) is 9.69 Å². The Hall–Kier alpha value is -5.77. The Bertz CT molecular complexity index is 2330. The van der Waals surface area contributed by atoms with Gasteiger partial charge in [0.25, 0.3) is 10.0 Å². The van der Waals surface area contributed by atoms with Crippen LogP contribution in [0.15, 0.2) is 100 Å². The van der Waals surface area contributed by atoms with Gasteiger partial charge in [0.1, 0.15) is 5.58 Å². The molecule has 0 bridgehead atoms. The third-order valence-corrected chi connectivity index (χ3v) is 10.6. The molecule has 0 saturated carbocycles. The van der Waals surface area contributed by atoms with Gasteiger partial charge in [-0.1, -0.05) is 12.1 Å². The maximum absolute atomic E-state index is 13.6. The van der Waals surface area contributed by atoms with E-state index < -0.39 is 15.9 Å². The van der Waals surface area contributed by atoms with Crippen molar-refractivity contribution in [2.24, 2.45) is 0 Å². The molecule has 12 heteroatoms. The van der Waals surface area contributed by atoms with Gasteiger partial charge in [-0.2, -0.15) is 5.26 Å². The molecule has 6 aromatic rings. The SMILES string of the molecule is N#Cc1ccc2[nH]cc(CCCCN3CCN(c4ccc5oc(C(=O)NS(=O)(=O)c6ccc(N)cc6)c(-c6ccc(N)cc6)c5c4)CC3)c2c1. The van der Waals surface area contributed by atoms with Crippen LogP contribution in [0.5, 0.6) is 0 Å². The number of hydrogen-bond acceptors (Lipinski definition) is 9. The average Bonchev–Trinajstić information content (AvgIpc) is 3.71. The van der Waals surface area contributed by atoms with Gasteiger partial charge in [0.15, 0.2) is 0 Å². The summed E-state index contributed by atoms with van der Waals surface area (Å²) in [4.78, 5) is 21.6. The number of aryl methyl sites for hydroxylation is 1. The van der Waals surface area contributed by atoms with E-state index in [9.17, 15) is 18.5 Å². The molecule has 1 amide bonds. The van der Waals surface area contributed by atoms with Crippen LogP contribution in [0.1, 0.15) is 34.5 Å². The van der Waals surface area contributed by atoms with Crippen LogP contribution >= 0.6 is 0 Å². The summed E-state index contributed by atoms with van der Waals surface area (Å²) in [7, 11) is -4.19. The number of nitrogen functional groups attached to an aromatic ring is 2. The Labute approximate surface area is 290 Å². The number of H-pyrrole nitrogens is 1. The Kier molecular flexibility index (Phi) is 8.93. The van der Waals surface area contributed by atoms with E-state index in [0.29, 0.717) is 39.0 Å². The van der Waals surface area contributed by atoms with E-state index >= 15 is 0 Å². The minimum atomic E-state index is -4.19. The first-order valence-electron chi connectivity index (χ1n) is 16.5. The molecule has 6 N–H and O–H groups in total. The number of amides is 1. The lowest BCUT2D eigenvalue weighted by Crippen LogP contribution is -2.46. The monoisotopic (exact) mass is 687 g/mol. The molecule has 1 aliphatic rings. The lowest BCUT2D eigenvalue weighted by atomic mass is 10.0. The molecule has 0 radical (unpaired) electrons. The molecular formula is C38H37N7O4S. The minimum Gasteiger partial charge on any atom is -0.450 e. The molecule has 0 aliphatic carbocycles. The van der Waals surface area contributed by atoms with Crippen LogP contribution in [0.3, 0.4) is 0 Å². The van der Waals surface area contributed by atoms with Gasteiger partial charge < -0.3 is 25.8 Å². The second-order valence-corrected chi connectivity index (χ2v) is 14.3. The zero-order valence-electron chi connectivity index (χ0n) is 27.4. The van der Waals surface area contributed by atoms with Crippen LogP contribution in [-0.2, 0) is 16.4 Å². The number of rotatable bonds is 10. The first-order chi connectivity index (χ1) is 24.2. The summed E-state index contributed by atoms with van der Waals surface area (Å²) in [5.41, 5.74) is 18.3. The van der Waals surface area contributed by atoms with Crippen molar-refractivity contribution >= 4 is 54.9 Å². The number of unbranched alkanes of at least 4 members (excludes halogenated alkanes) is 1. The molecule has 7 rings (SSSR count). The van der Waals surface area contributed by atoms with Crippen molar-refractivity contribution in [3.05, 3.63) is 108 Å². The fourth-order valence-electron chi connectivity index (χ4n) is 6.59. The highest BCUT2D eigenvalue weighted by Crippen LogP contribution is 2.38. The molecule has 50 heavy (non-hydrogen) atoms. The lowest BCUT2D eigenvalue weighted by molar-refractivity contribution is 0.0957. The van der Waals surface area contributed by atoms with Crippen molar-refractivity contribution in [2.75, 3.05) is 49.1 Å². The molecule has 0 atom stereocenters. The van der Waals surface area contributed by atoms with Crippen LogP contribution in [0.2, 0.25) is 0 Å². The summed E-state index contributed by atoms with van der Waals surface area (Å²) in [6.07, 6.45) is 5.16. The van der Waals surface area contributed by atoms with Gasteiger partial charge in [-0.05, 0) is 110 Å². The molecule has 1 fully saturated rings. The van der Waals surface area contributed by atoms with Crippen molar-refractivity contribution in [3.8, 4) is 17.2 Å². The molecular weight excluding hydrogens is 651 g/mol. The summed E-state index contributed by atoms with van der Waals surface area (Å²) < 4.78 is 34.4. The van der Waals surface area contributed by atoms with Crippen LogP contribution in [0.25, 0.3) is 33.0 Å². The highest BCUT2D eigenvalue weighted by Gasteiger charge is 2.27. The van der Waals surface area contributed by atoms with Gasteiger partial charge in [-0.25, -0.2) is 13.1 Å². The zero-order valence-corrected chi connectivity index (χ0v) is 28.2. The highest BCUT2D eigenvalue weighted by atomic mass is 32.2. The summed E-state index contributed by atoms with van der Waals surface area (Å²) in [6, 6.07) is 26.4. The Balaban J connectivity index is 1.04. The number of benzene rings is 4. The number of nitriles is 1. The van der Waals surface area contributed by atoms with Gasteiger partial charge in [-0.15, -0.1) is 0 Å². The summed E-state index contributed by atoms with van der Waals surface area (Å²) in [5.74, 6) is -0.986. The number of fused-ring (bicyclic) bond motifs is 2. The minimum absolute atomic E-state index is 0.0870. The number of furan rings is 1. The second-order valence-electron chi connectivity index (χ2n) is 12.6. The van der Waals surface area contributed by atoms with Crippen LogP contribution in [0.4, 0.5) is 17.1 Å². The number of piperazine rings is 1. The average molecular weight is 688 g/mol. The summed E-state index contributed by atoms with van der Waals surface area (Å²) in [5, 5.41) is 11.1. The number of nitrogens with one attached hydrogen (secondary N) is 2. The molecule has 11 nitrogen and oxygen atoms in total. The third-order valence-electron chi connectivity index (χ3n) is 9.30. The number of anilines is 3. The van der Waals surface area contributed by atoms with E-state index in [-0.39, 0.29) is 10.7 Å². The Morgan fingerprint density at radius 1 is 0.880 bits per heavy atom. The summed E-state index contributed by atoms with van der Waals surface area (Å²) >= 11 is 0. The third kappa shape index (κ3) is 6.74. The fourth-order valence-corrected chi connectivity index (χ4v) is 7.54. The van der Waals surface area contributed by atoms with Crippen molar-refractivity contribution in [2.45, 2.75) is 24.2 Å². The number of hydrogen-bond donors (Lipinski definition) is 4. The number of nitrogens with two attached hydrogens (primary N) is 2. The first-order valence-corrected chi connectivity index (χ1v) is 18.0. The maximum atomic E-state index is 13.6. The van der Waals surface area contributed by atoms with E-state index in [0.717, 1.165) is 68.6 Å². The number of carbonyl (C=O) groups is 1. The van der Waals surface area contributed by atoms with Crippen LogP contribution in [-0.4, -0.2) is 56.9 Å². The normalized spacial score (nSPS) is 13.9. The zero-order chi connectivity index (χ0) is 34.8. The first kappa shape index (κ1) is 32.8. The number of sulfonamides is 1. The number of nitrogens with zero attached hydrogens (tertiary/aromatic N) is 3. The quantitative estimate of drug-likeness (QED) is 0.101. The molecule has 3 heterocycles. The number of carbonyl (C=O) groups excluding carboxylic acids is 1. The highest BCUT2D eigenvalue weighted by molar-refractivity contribution is 7.90. The standard InChI is InChI=1S/C38H37N7O4S/c39-23-25-4-14-34-32(21-25)27(24-42-34)3-1-2-16-44-17-19-45(20-18-44)30-11-15-35-33(22-30)36(26-5-7-28(40)8-6-26)37(49-35)38(46)43-50(47,48)31-12-9-29(41)10-13-31/h4-15,21-22,24,42H,1-3,16-20,40-41H2,(H,43,46). The van der Waals surface area contributed by atoms with Crippen LogP contribution < -0.4 is 21.1 Å². The molecule has 4 aromatic carbocycles. The second kappa shape index (κ2) is 13.6. The summed E-state index contributed by atoms with van der Waals surface area (Å²) in [6.45, 7) is 4.53. The van der Waals surface area contributed by atoms with E-state index in [1.807, 2.05) is 36.4 Å². The van der Waals surface area contributed by atoms with Crippen molar-refractivity contribution in [1.82, 2.24) is 14.6 Å². The molecule has 0 unspecified atom stereocenters. The fraction of sp³-hybridized carbons (Fsp3) is 0.211. The van der Waals surface area contributed by atoms with E-state index in [1.54, 1.807) is 24.3 Å². The van der Waals surface area contributed by atoms with E-state index in [1.165, 1.54) is 29.8 Å². The number of aromatic nitrogens is 1. The molecule has 0 spiro atoms. The maximum Gasteiger partial charge on any atom is 0.301 e. The van der Waals surface area contributed by atoms with Crippen molar-refractivity contribution < 1.29 is 17.6 Å². The molecule has 2 aromatic heterocycles. The largest absolute Gasteiger partial charge is 0.450 e. The Morgan fingerprint density at radius 2 is 1.60 bits per heavy atom. The van der Waals surface area contributed by atoms with E-state index in [4.69, 9.17) is 15.9 Å². The van der Waals surface area contributed by atoms with Crippen molar-refractivity contribution in [3.63, 3.8) is 0 Å².